The standard InChI is InChI=1S/C12H17ClN2O2S2.ClH/c1-18-12-5-4-9(6-10(12)13)19(16,17)15-7-11(14)8-2-3-8;/h4-6,8,11,15H,2-3,7,14H2,1H3;1H. The first kappa shape index (κ1) is 18.1. The second-order valence-electron chi connectivity index (χ2n) is 4.65. The fraction of sp³-hybridized carbons (Fsp3) is 0.500. The van der Waals surface area contributed by atoms with Gasteiger partial charge in [0, 0.05) is 17.5 Å². The Morgan fingerprint density at radius 3 is 2.65 bits per heavy atom. The van der Waals surface area contributed by atoms with E-state index >= 15 is 0 Å². The molecule has 1 aromatic rings. The highest BCUT2D eigenvalue weighted by Gasteiger charge is 2.29. The molecule has 1 saturated carbocycles. The molecule has 3 N–H and O–H groups in total. The number of hydrogen-bond donors (Lipinski definition) is 2. The molecule has 4 nitrogen and oxygen atoms in total. The zero-order valence-electron chi connectivity index (χ0n) is 11.0. The smallest absolute Gasteiger partial charge is 0.240 e. The summed E-state index contributed by atoms with van der Waals surface area (Å²) in [5, 5.41) is 0.446. The van der Waals surface area contributed by atoms with Crippen LogP contribution in [0.3, 0.4) is 0 Å². The van der Waals surface area contributed by atoms with Crippen molar-refractivity contribution in [3.05, 3.63) is 23.2 Å². The minimum Gasteiger partial charge on any atom is -0.326 e. The Kier molecular flexibility index (Phi) is 6.63. The molecule has 0 bridgehead atoms. The molecule has 8 heteroatoms. The van der Waals surface area contributed by atoms with Gasteiger partial charge in [0.15, 0.2) is 0 Å². The largest absolute Gasteiger partial charge is 0.326 e. The molecule has 0 aromatic heterocycles. The van der Waals surface area contributed by atoms with E-state index in [2.05, 4.69) is 4.72 Å². The summed E-state index contributed by atoms with van der Waals surface area (Å²) in [5.41, 5.74) is 5.88. The second kappa shape index (κ2) is 7.33. The minimum absolute atomic E-state index is 0. The number of thioether (sulfide) groups is 1. The molecule has 0 spiro atoms. The lowest BCUT2D eigenvalue weighted by Gasteiger charge is -2.12. The summed E-state index contributed by atoms with van der Waals surface area (Å²) >= 11 is 7.50. The third-order valence-corrected chi connectivity index (χ3v) is 5.81. The van der Waals surface area contributed by atoms with Gasteiger partial charge in [0.25, 0.3) is 0 Å². The third kappa shape index (κ3) is 4.51. The first-order valence-electron chi connectivity index (χ1n) is 6.03. The van der Waals surface area contributed by atoms with E-state index in [0.29, 0.717) is 10.9 Å². The monoisotopic (exact) mass is 356 g/mol. The summed E-state index contributed by atoms with van der Waals surface area (Å²) in [5.74, 6) is 0.463. The Labute approximate surface area is 135 Å². The Morgan fingerprint density at radius 1 is 1.50 bits per heavy atom. The van der Waals surface area contributed by atoms with Gasteiger partial charge in [-0.15, -0.1) is 24.2 Å². The van der Waals surface area contributed by atoms with E-state index in [1.165, 1.54) is 17.8 Å². The molecule has 1 aliphatic rings. The molecule has 1 aliphatic carbocycles. The van der Waals surface area contributed by atoms with Crippen LogP contribution in [0, 0.1) is 5.92 Å². The molecule has 0 amide bonds. The number of hydrogen-bond acceptors (Lipinski definition) is 4. The average molecular weight is 357 g/mol. The maximum Gasteiger partial charge on any atom is 0.240 e. The molecule has 1 atom stereocenters. The predicted molar refractivity (Wildman–Crippen MR) is 86.4 cm³/mol. The zero-order valence-corrected chi connectivity index (χ0v) is 14.2. The van der Waals surface area contributed by atoms with E-state index in [9.17, 15) is 8.42 Å². The van der Waals surface area contributed by atoms with E-state index in [4.69, 9.17) is 17.3 Å². The molecular weight excluding hydrogens is 339 g/mol. The van der Waals surface area contributed by atoms with Crippen molar-refractivity contribution in [1.82, 2.24) is 4.72 Å². The summed E-state index contributed by atoms with van der Waals surface area (Å²) < 4.78 is 26.7. The van der Waals surface area contributed by atoms with Gasteiger partial charge < -0.3 is 5.73 Å². The summed E-state index contributed by atoms with van der Waals surface area (Å²) in [7, 11) is -3.53. The van der Waals surface area contributed by atoms with Crippen molar-refractivity contribution in [2.24, 2.45) is 11.7 Å². The summed E-state index contributed by atoms with van der Waals surface area (Å²) in [6.07, 6.45) is 4.08. The molecule has 0 saturated heterocycles. The Hall–Kier alpha value is 0.0200. The highest BCUT2D eigenvalue weighted by Crippen LogP contribution is 2.31. The maximum absolute atomic E-state index is 12.1. The highest BCUT2D eigenvalue weighted by molar-refractivity contribution is 7.98. The number of sulfonamides is 1. The summed E-state index contributed by atoms with van der Waals surface area (Å²) in [4.78, 5) is 1.04. The first-order chi connectivity index (χ1) is 8.94. The van der Waals surface area contributed by atoms with E-state index in [0.717, 1.165) is 17.7 Å². The van der Waals surface area contributed by atoms with Crippen LogP contribution < -0.4 is 10.5 Å². The lowest BCUT2D eigenvalue weighted by atomic mass is 10.2. The zero-order chi connectivity index (χ0) is 14.0. The van der Waals surface area contributed by atoms with Crippen molar-refractivity contribution in [1.29, 1.82) is 0 Å². The van der Waals surface area contributed by atoms with Crippen LogP contribution in [0.4, 0.5) is 0 Å². The van der Waals surface area contributed by atoms with Gasteiger partial charge in [-0.1, -0.05) is 11.6 Å². The minimum atomic E-state index is -3.53. The Bertz CT molecular complexity index is 563. The lowest BCUT2D eigenvalue weighted by Crippen LogP contribution is -2.38. The van der Waals surface area contributed by atoms with Gasteiger partial charge in [0.1, 0.15) is 0 Å². The van der Waals surface area contributed by atoms with Crippen LogP contribution in [0.2, 0.25) is 5.02 Å². The average Bonchev–Trinajstić information content (AvgIpc) is 3.20. The number of nitrogens with two attached hydrogens (primary N) is 1. The topological polar surface area (TPSA) is 72.2 Å². The van der Waals surface area contributed by atoms with Crippen LogP contribution in [0.1, 0.15) is 12.8 Å². The van der Waals surface area contributed by atoms with Crippen LogP contribution in [0.25, 0.3) is 0 Å². The third-order valence-electron chi connectivity index (χ3n) is 3.17. The van der Waals surface area contributed by atoms with Gasteiger partial charge in [0.2, 0.25) is 10.0 Å². The fourth-order valence-electron chi connectivity index (χ4n) is 1.79. The molecule has 114 valence electrons. The van der Waals surface area contributed by atoms with Crippen molar-refractivity contribution in [3.63, 3.8) is 0 Å². The molecule has 0 radical (unpaired) electrons. The quantitative estimate of drug-likeness (QED) is 0.768. The van der Waals surface area contributed by atoms with E-state index in [-0.39, 0.29) is 29.9 Å². The molecule has 0 heterocycles. The van der Waals surface area contributed by atoms with Crippen LogP contribution in [-0.4, -0.2) is 27.3 Å². The van der Waals surface area contributed by atoms with Gasteiger partial charge in [0.05, 0.1) is 9.92 Å². The van der Waals surface area contributed by atoms with E-state index in [1.807, 2.05) is 6.26 Å². The summed E-state index contributed by atoms with van der Waals surface area (Å²) in [6.45, 7) is 0.273. The molecule has 0 aliphatic heterocycles. The molecular formula is C12H18Cl2N2O2S2. The van der Waals surface area contributed by atoms with Crippen molar-refractivity contribution in [2.45, 2.75) is 28.7 Å². The van der Waals surface area contributed by atoms with Gasteiger partial charge in [-0.05, 0) is 43.2 Å². The van der Waals surface area contributed by atoms with Gasteiger partial charge in [-0.25, -0.2) is 13.1 Å². The van der Waals surface area contributed by atoms with Crippen molar-refractivity contribution in [3.8, 4) is 0 Å². The van der Waals surface area contributed by atoms with Gasteiger partial charge >= 0.3 is 0 Å². The van der Waals surface area contributed by atoms with Gasteiger partial charge in [-0.3, -0.25) is 0 Å². The summed E-state index contributed by atoms with van der Waals surface area (Å²) in [6, 6.07) is 4.64. The fourth-order valence-corrected chi connectivity index (χ4v) is 3.83. The molecule has 20 heavy (non-hydrogen) atoms. The number of nitrogens with one attached hydrogen (secondary N) is 1. The Balaban J connectivity index is 0.00000200. The molecule has 2 rings (SSSR count). The molecule has 1 unspecified atom stereocenters. The maximum atomic E-state index is 12.1. The van der Waals surface area contributed by atoms with Crippen LogP contribution >= 0.6 is 35.8 Å². The van der Waals surface area contributed by atoms with Crippen LogP contribution in [0.5, 0.6) is 0 Å². The van der Waals surface area contributed by atoms with Crippen LogP contribution in [0.15, 0.2) is 28.0 Å². The number of rotatable bonds is 6. The SMILES string of the molecule is CSc1ccc(S(=O)(=O)NCC(N)C2CC2)cc1Cl.Cl. The predicted octanol–water partition coefficient (Wildman–Crippen LogP) is 2.50. The highest BCUT2D eigenvalue weighted by atomic mass is 35.5. The van der Waals surface area contributed by atoms with E-state index in [1.54, 1.807) is 12.1 Å². The van der Waals surface area contributed by atoms with Crippen LogP contribution in [-0.2, 0) is 10.0 Å². The molecule has 1 fully saturated rings. The van der Waals surface area contributed by atoms with Gasteiger partial charge in [-0.2, -0.15) is 0 Å². The normalized spacial score (nSPS) is 16.6. The number of benzene rings is 1. The Morgan fingerprint density at radius 2 is 2.15 bits per heavy atom. The second-order valence-corrected chi connectivity index (χ2v) is 7.67. The van der Waals surface area contributed by atoms with E-state index < -0.39 is 10.0 Å². The van der Waals surface area contributed by atoms with Crippen molar-refractivity contribution >= 4 is 45.8 Å². The molecule has 1 aromatic carbocycles. The first-order valence-corrected chi connectivity index (χ1v) is 9.11. The number of halogens is 2. The lowest BCUT2D eigenvalue weighted by molar-refractivity contribution is 0.547. The van der Waals surface area contributed by atoms with Crippen molar-refractivity contribution < 1.29 is 8.42 Å². The van der Waals surface area contributed by atoms with Crippen molar-refractivity contribution in [2.75, 3.05) is 12.8 Å².